The molecule has 0 saturated carbocycles. The van der Waals surface area contributed by atoms with Crippen molar-refractivity contribution >= 4 is 27.4 Å². The Hall–Kier alpha value is -2.87. The summed E-state index contributed by atoms with van der Waals surface area (Å²) in [4.78, 5) is 4.90. The van der Waals surface area contributed by atoms with E-state index >= 15 is 0 Å². The van der Waals surface area contributed by atoms with Gasteiger partial charge in [0.05, 0.1) is 11.2 Å². The van der Waals surface area contributed by atoms with Crippen LogP contribution >= 0.6 is 0 Å². The van der Waals surface area contributed by atoms with Crippen LogP contribution in [0.4, 0.5) is 5.69 Å². The van der Waals surface area contributed by atoms with Crippen LogP contribution in [0.3, 0.4) is 0 Å². The number of benzene rings is 3. The molecule has 0 saturated heterocycles. The van der Waals surface area contributed by atoms with Crippen molar-refractivity contribution in [2.75, 3.05) is 5.73 Å². The standard InChI is InChI=1S/C20H16N2/c1-13-7-9-16-17-10-8-15(21)12-19(17)22-20(18(16)11-13)14-5-3-2-4-6-14/h2-12H,21H2,1H3. The van der Waals surface area contributed by atoms with Gasteiger partial charge in [-0.1, -0.05) is 54.1 Å². The van der Waals surface area contributed by atoms with Crippen molar-refractivity contribution in [3.63, 3.8) is 0 Å². The monoisotopic (exact) mass is 284 g/mol. The molecule has 2 heteroatoms. The van der Waals surface area contributed by atoms with Crippen molar-refractivity contribution < 1.29 is 0 Å². The molecule has 1 aromatic heterocycles. The summed E-state index contributed by atoms with van der Waals surface area (Å²) in [6.07, 6.45) is 0. The molecule has 0 bridgehead atoms. The van der Waals surface area contributed by atoms with Crippen LogP contribution in [-0.4, -0.2) is 4.98 Å². The lowest BCUT2D eigenvalue weighted by Gasteiger charge is -2.11. The molecule has 0 aliphatic carbocycles. The van der Waals surface area contributed by atoms with Crippen molar-refractivity contribution in [2.45, 2.75) is 6.92 Å². The van der Waals surface area contributed by atoms with E-state index in [2.05, 4.69) is 43.3 Å². The Labute approximate surface area is 129 Å². The zero-order valence-electron chi connectivity index (χ0n) is 12.4. The maximum absolute atomic E-state index is 5.94. The third kappa shape index (κ3) is 2.01. The minimum atomic E-state index is 0.741. The molecular formula is C20H16N2. The molecule has 2 N–H and O–H groups in total. The summed E-state index contributed by atoms with van der Waals surface area (Å²) in [6.45, 7) is 2.11. The number of nitrogens with zero attached hydrogens (tertiary/aromatic N) is 1. The summed E-state index contributed by atoms with van der Waals surface area (Å²) < 4.78 is 0. The molecule has 0 unspecified atom stereocenters. The smallest absolute Gasteiger partial charge is 0.0788 e. The van der Waals surface area contributed by atoms with Crippen LogP contribution in [0.2, 0.25) is 0 Å². The van der Waals surface area contributed by atoms with Gasteiger partial charge in [-0.25, -0.2) is 4.98 Å². The second-order valence-electron chi connectivity index (χ2n) is 5.65. The zero-order valence-corrected chi connectivity index (χ0v) is 12.4. The maximum atomic E-state index is 5.94. The summed E-state index contributed by atoms with van der Waals surface area (Å²) in [5.41, 5.74) is 11.0. The average Bonchev–Trinajstić information content (AvgIpc) is 2.54. The van der Waals surface area contributed by atoms with E-state index in [4.69, 9.17) is 10.7 Å². The van der Waals surface area contributed by atoms with E-state index in [-0.39, 0.29) is 0 Å². The van der Waals surface area contributed by atoms with Crippen LogP contribution in [-0.2, 0) is 0 Å². The predicted octanol–water partition coefficient (Wildman–Crippen LogP) is 4.95. The van der Waals surface area contributed by atoms with Crippen LogP contribution < -0.4 is 5.73 Å². The first-order valence-corrected chi connectivity index (χ1v) is 7.37. The lowest BCUT2D eigenvalue weighted by atomic mass is 9.98. The molecule has 0 spiro atoms. The molecule has 1 heterocycles. The Morgan fingerprint density at radius 3 is 2.36 bits per heavy atom. The van der Waals surface area contributed by atoms with Gasteiger partial charge in [-0.15, -0.1) is 0 Å². The van der Waals surface area contributed by atoms with Crippen LogP contribution in [0.25, 0.3) is 32.9 Å². The number of hydrogen-bond donors (Lipinski definition) is 1. The highest BCUT2D eigenvalue weighted by Gasteiger charge is 2.10. The van der Waals surface area contributed by atoms with E-state index in [1.807, 2.05) is 30.3 Å². The molecule has 0 radical (unpaired) electrons. The fourth-order valence-electron chi connectivity index (χ4n) is 2.95. The highest BCUT2D eigenvalue weighted by atomic mass is 14.7. The van der Waals surface area contributed by atoms with E-state index < -0.39 is 0 Å². The normalized spacial score (nSPS) is 11.1. The molecule has 22 heavy (non-hydrogen) atoms. The number of fused-ring (bicyclic) bond motifs is 3. The predicted molar refractivity (Wildman–Crippen MR) is 93.8 cm³/mol. The maximum Gasteiger partial charge on any atom is 0.0788 e. The Kier molecular flexibility index (Phi) is 2.83. The Morgan fingerprint density at radius 1 is 0.773 bits per heavy atom. The first-order valence-electron chi connectivity index (χ1n) is 7.37. The highest BCUT2D eigenvalue weighted by Crippen LogP contribution is 2.33. The van der Waals surface area contributed by atoms with Gasteiger partial charge < -0.3 is 5.73 Å². The Bertz CT molecular complexity index is 989. The molecule has 0 fully saturated rings. The average molecular weight is 284 g/mol. The van der Waals surface area contributed by atoms with Gasteiger partial charge in [0, 0.05) is 22.0 Å². The van der Waals surface area contributed by atoms with Crippen molar-refractivity contribution in [1.82, 2.24) is 4.98 Å². The van der Waals surface area contributed by atoms with Crippen LogP contribution in [0.5, 0.6) is 0 Å². The number of aryl methyl sites for hydroxylation is 1. The van der Waals surface area contributed by atoms with Crippen LogP contribution in [0, 0.1) is 6.92 Å². The van der Waals surface area contributed by atoms with Gasteiger partial charge >= 0.3 is 0 Å². The second kappa shape index (κ2) is 4.85. The van der Waals surface area contributed by atoms with Gasteiger partial charge in [0.15, 0.2) is 0 Å². The number of anilines is 1. The van der Waals surface area contributed by atoms with Crippen LogP contribution in [0.1, 0.15) is 5.56 Å². The summed E-state index contributed by atoms with van der Waals surface area (Å²) in [7, 11) is 0. The van der Waals surface area contributed by atoms with Crippen molar-refractivity contribution in [2.24, 2.45) is 0 Å². The fourth-order valence-corrected chi connectivity index (χ4v) is 2.95. The molecule has 0 atom stereocenters. The summed E-state index contributed by atoms with van der Waals surface area (Å²) >= 11 is 0. The zero-order chi connectivity index (χ0) is 15.1. The fraction of sp³-hybridized carbons (Fsp3) is 0.0500. The third-order valence-electron chi connectivity index (χ3n) is 4.02. The van der Waals surface area contributed by atoms with E-state index in [0.29, 0.717) is 0 Å². The van der Waals surface area contributed by atoms with Crippen molar-refractivity contribution in [3.8, 4) is 11.3 Å². The van der Waals surface area contributed by atoms with Gasteiger partial charge in [-0.3, -0.25) is 0 Å². The number of rotatable bonds is 1. The Morgan fingerprint density at radius 2 is 1.55 bits per heavy atom. The summed E-state index contributed by atoms with van der Waals surface area (Å²) in [5, 5.41) is 3.54. The molecular weight excluding hydrogens is 268 g/mol. The van der Waals surface area contributed by atoms with E-state index in [1.165, 1.54) is 16.3 Å². The molecule has 0 aliphatic heterocycles. The molecule has 2 nitrogen and oxygen atoms in total. The third-order valence-corrected chi connectivity index (χ3v) is 4.02. The van der Waals surface area contributed by atoms with Gasteiger partial charge in [-0.05, 0) is 30.5 Å². The van der Waals surface area contributed by atoms with Gasteiger partial charge in [0.25, 0.3) is 0 Å². The first-order chi connectivity index (χ1) is 10.7. The molecule has 4 rings (SSSR count). The van der Waals surface area contributed by atoms with Crippen molar-refractivity contribution in [3.05, 3.63) is 72.3 Å². The molecule has 0 aliphatic rings. The van der Waals surface area contributed by atoms with Gasteiger partial charge in [-0.2, -0.15) is 0 Å². The minimum absolute atomic E-state index is 0.741. The quantitative estimate of drug-likeness (QED) is 0.397. The Balaban J connectivity index is 2.19. The van der Waals surface area contributed by atoms with E-state index in [0.717, 1.165) is 27.8 Å². The number of hydrogen-bond acceptors (Lipinski definition) is 2. The lowest BCUT2D eigenvalue weighted by Crippen LogP contribution is -1.92. The number of aromatic nitrogens is 1. The topological polar surface area (TPSA) is 38.9 Å². The molecule has 0 amide bonds. The molecule has 3 aromatic carbocycles. The second-order valence-corrected chi connectivity index (χ2v) is 5.65. The lowest BCUT2D eigenvalue weighted by molar-refractivity contribution is 1.41. The first kappa shape index (κ1) is 12.8. The number of pyridine rings is 1. The van der Waals surface area contributed by atoms with Crippen molar-refractivity contribution in [1.29, 1.82) is 0 Å². The molecule has 4 aromatic rings. The highest BCUT2D eigenvalue weighted by molar-refractivity contribution is 6.11. The largest absolute Gasteiger partial charge is 0.399 e. The van der Waals surface area contributed by atoms with E-state index in [1.54, 1.807) is 0 Å². The molecule has 106 valence electrons. The number of nitrogens with two attached hydrogens (primary N) is 1. The summed E-state index contributed by atoms with van der Waals surface area (Å²) in [6, 6.07) is 22.8. The van der Waals surface area contributed by atoms with Gasteiger partial charge in [0.1, 0.15) is 0 Å². The SMILES string of the molecule is Cc1ccc2c(c1)c(-c1ccccc1)nc1cc(N)ccc12. The minimum Gasteiger partial charge on any atom is -0.399 e. The van der Waals surface area contributed by atoms with E-state index in [9.17, 15) is 0 Å². The van der Waals surface area contributed by atoms with Crippen LogP contribution in [0.15, 0.2) is 66.7 Å². The number of nitrogen functional groups attached to an aromatic ring is 1. The summed E-state index contributed by atoms with van der Waals surface area (Å²) in [5.74, 6) is 0. The van der Waals surface area contributed by atoms with Gasteiger partial charge in [0.2, 0.25) is 0 Å².